The lowest BCUT2D eigenvalue weighted by Crippen LogP contribution is -2.42. The highest BCUT2D eigenvalue weighted by atomic mass is 19.2. The number of piperidine rings is 1. The highest BCUT2D eigenvalue weighted by Gasteiger charge is 2.32. The predicted molar refractivity (Wildman–Crippen MR) is 93.8 cm³/mol. The molecule has 144 valence electrons. The molecule has 1 aliphatic rings. The highest BCUT2D eigenvalue weighted by Crippen LogP contribution is 2.29. The molecule has 1 N–H and O–H groups in total. The lowest BCUT2D eigenvalue weighted by molar-refractivity contribution is -0.123. The van der Waals surface area contributed by atoms with Crippen LogP contribution in [0.5, 0.6) is 5.75 Å². The van der Waals surface area contributed by atoms with Crippen LogP contribution in [0.3, 0.4) is 0 Å². The third-order valence-electron chi connectivity index (χ3n) is 4.69. The van der Waals surface area contributed by atoms with E-state index in [-0.39, 0.29) is 23.6 Å². The van der Waals surface area contributed by atoms with E-state index < -0.39 is 17.6 Å². The summed E-state index contributed by atoms with van der Waals surface area (Å²) in [5.74, 6) is -2.82. The van der Waals surface area contributed by atoms with Crippen LogP contribution in [0.15, 0.2) is 36.8 Å². The summed E-state index contributed by atoms with van der Waals surface area (Å²) in [5.41, 5.74) is 0.805. The molecule has 0 aliphatic carbocycles. The molecule has 1 saturated heterocycles. The number of carbonyl (C=O) groups excluding carboxylic acids is 1. The Morgan fingerprint density at radius 2 is 2.00 bits per heavy atom. The minimum absolute atomic E-state index is 0.112. The summed E-state index contributed by atoms with van der Waals surface area (Å²) < 4.78 is 26.7. The van der Waals surface area contributed by atoms with E-state index in [1.165, 1.54) is 28.3 Å². The first-order valence-corrected chi connectivity index (χ1v) is 8.70. The first-order valence-electron chi connectivity index (χ1n) is 8.70. The quantitative estimate of drug-likeness (QED) is 0.737. The molecule has 1 amide bonds. The Morgan fingerprint density at radius 1 is 1.18 bits per heavy atom. The monoisotopic (exact) mass is 386 g/mol. The molecular weight excluding hydrogens is 370 g/mol. The van der Waals surface area contributed by atoms with Crippen LogP contribution in [0.25, 0.3) is 5.69 Å². The minimum Gasteiger partial charge on any atom is -0.508 e. The maximum Gasteiger partial charge on any atom is 0.231 e. The van der Waals surface area contributed by atoms with Crippen molar-refractivity contribution >= 4 is 11.7 Å². The zero-order chi connectivity index (χ0) is 19.7. The summed E-state index contributed by atoms with van der Waals surface area (Å²) in [6, 6.07) is 3.34. The molecule has 4 rings (SSSR count). The Hall–Kier alpha value is -3.43. The second-order valence-electron chi connectivity index (χ2n) is 6.52. The number of hydrogen-bond acceptors (Lipinski definition) is 6. The molecule has 3 aromatic rings. The average Bonchev–Trinajstić information content (AvgIpc) is 3.18. The molecule has 10 heteroatoms. The Bertz CT molecular complexity index is 1010. The minimum atomic E-state index is -1.12. The Balaban J connectivity index is 1.54. The maximum absolute atomic E-state index is 13.5. The van der Waals surface area contributed by atoms with Gasteiger partial charge in [-0.3, -0.25) is 9.69 Å². The number of anilines is 1. The van der Waals surface area contributed by atoms with Crippen molar-refractivity contribution in [2.45, 2.75) is 19.3 Å². The number of rotatable bonds is 4. The van der Waals surface area contributed by atoms with E-state index >= 15 is 0 Å². The molecule has 1 unspecified atom stereocenters. The molecule has 1 aliphatic heterocycles. The summed E-state index contributed by atoms with van der Waals surface area (Å²) in [6.45, 7) is 0.479. The lowest BCUT2D eigenvalue weighted by Gasteiger charge is -2.30. The van der Waals surface area contributed by atoms with Gasteiger partial charge in [-0.05, 0) is 37.0 Å². The van der Waals surface area contributed by atoms with E-state index in [9.17, 15) is 18.7 Å². The number of hydrogen-bond donors (Lipinski definition) is 1. The van der Waals surface area contributed by atoms with Crippen molar-refractivity contribution in [2.75, 3.05) is 11.4 Å². The van der Waals surface area contributed by atoms with Crippen LogP contribution in [0.1, 0.15) is 18.4 Å². The van der Waals surface area contributed by atoms with Crippen molar-refractivity contribution in [2.24, 2.45) is 5.92 Å². The SMILES string of the molecule is O=C1C(Cc2cc(F)c(F)cc2O)CCCN1c1cnn(-c2ccnnc2)n1. The first-order chi connectivity index (χ1) is 13.5. The number of phenolic OH excluding ortho intramolecular Hbond substituents is 1. The summed E-state index contributed by atoms with van der Waals surface area (Å²) >= 11 is 0. The molecule has 1 atom stereocenters. The van der Waals surface area contributed by atoms with Crippen LogP contribution < -0.4 is 4.90 Å². The second kappa shape index (κ2) is 7.29. The zero-order valence-corrected chi connectivity index (χ0v) is 14.7. The van der Waals surface area contributed by atoms with Crippen LogP contribution in [0, 0.1) is 17.6 Å². The number of benzene rings is 1. The topological polar surface area (TPSA) is 97.0 Å². The van der Waals surface area contributed by atoms with Crippen molar-refractivity contribution in [3.8, 4) is 11.4 Å². The Morgan fingerprint density at radius 3 is 2.79 bits per heavy atom. The molecule has 0 spiro atoms. The summed E-state index contributed by atoms with van der Waals surface area (Å²) in [4.78, 5) is 15.8. The van der Waals surface area contributed by atoms with Gasteiger partial charge in [0.25, 0.3) is 0 Å². The molecule has 1 aromatic carbocycles. The largest absolute Gasteiger partial charge is 0.508 e. The molecule has 1 fully saturated rings. The van der Waals surface area contributed by atoms with Gasteiger partial charge >= 0.3 is 0 Å². The normalized spacial score (nSPS) is 17.1. The van der Waals surface area contributed by atoms with E-state index in [0.29, 0.717) is 30.9 Å². The number of phenols is 1. The van der Waals surface area contributed by atoms with Gasteiger partial charge in [-0.1, -0.05) is 0 Å². The fourth-order valence-corrected chi connectivity index (χ4v) is 3.28. The van der Waals surface area contributed by atoms with Crippen molar-refractivity contribution < 1.29 is 18.7 Å². The van der Waals surface area contributed by atoms with Crippen molar-refractivity contribution in [3.05, 3.63) is 54.0 Å². The third-order valence-corrected chi connectivity index (χ3v) is 4.69. The van der Waals surface area contributed by atoms with Gasteiger partial charge in [-0.15, -0.1) is 9.90 Å². The van der Waals surface area contributed by atoms with Crippen LogP contribution >= 0.6 is 0 Å². The van der Waals surface area contributed by atoms with Crippen LogP contribution in [0.2, 0.25) is 0 Å². The fraction of sp³-hybridized carbons (Fsp3) is 0.278. The molecule has 3 heterocycles. The smallest absolute Gasteiger partial charge is 0.231 e. The van der Waals surface area contributed by atoms with Gasteiger partial charge in [-0.2, -0.15) is 15.3 Å². The van der Waals surface area contributed by atoms with E-state index in [2.05, 4.69) is 20.4 Å². The lowest BCUT2D eigenvalue weighted by atomic mass is 9.90. The number of carbonyl (C=O) groups is 1. The van der Waals surface area contributed by atoms with Gasteiger partial charge in [0.15, 0.2) is 17.5 Å². The van der Waals surface area contributed by atoms with Crippen LogP contribution in [-0.2, 0) is 11.2 Å². The number of nitrogens with zero attached hydrogens (tertiary/aromatic N) is 6. The molecule has 8 nitrogen and oxygen atoms in total. The molecule has 28 heavy (non-hydrogen) atoms. The number of halogens is 2. The molecular formula is C18H16F2N6O2. The molecule has 0 bridgehead atoms. The predicted octanol–water partition coefficient (Wildman–Crippen LogP) is 2.03. The standard InChI is InChI=1S/C18H16F2N6O2/c19-14-7-12(16(27)8-15(14)20)6-11-2-1-5-25(18(11)28)17-10-23-26(24-17)13-3-4-21-22-9-13/h3-4,7-11,27H,1-2,5-6H2. The van der Waals surface area contributed by atoms with Crippen molar-refractivity contribution in [1.82, 2.24) is 25.2 Å². The van der Waals surface area contributed by atoms with Gasteiger partial charge < -0.3 is 5.11 Å². The summed E-state index contributed by atoms with van der Waals surface area (Å²) in [7, 11) is 0. The van der Waals surface area contributed by atoms with Crippen LogP contribution in [0.4, 0.5) is 14.6 Å². The van der Waals surface area contributed by atoms with Gasteiger partial charge in [0, 0.05) is 18.5 Å². The Labute approximate surface area is 158 Å². The molecule has 2 aromatic heterocycles. The maximum atomic E-state index is 13.5. The first kappa shape index (κ1) is 18.0. The van der Waals surface area contributed by atoms with Gasteiger partial charge in [0.2, 0.25) is 5.91 Å². The van der Waals surface area contributed by atoms with Gasteiger partial charge in [-0.25, -0.2) is 8.78 Å². The van der Waals surface area contributed by atoms with Crippen LogP contribution in [-0.4, -0.2) is 42.7 Å². The summed E-state index contributed by atoms with van der Waals surface area (Å²) in [5, 5.41) is 25.8. The van der Waals surface area contributed by atoms with E-state index in [4.69, 9.17) is 0 Å². The van der Waals surface area contributed by atoms with Gasteiger partial charge in [0.1, 0.15) is 11.4 Å². The zero-order valence-electron chi connectivity index (χ0n) is 14.7. The van der Waals surface area contributed by atoms with Crippen molar-refractivity contribution in [3.63, 3.8) is 0 Å². The van der Waals surface area contributed by atoms with Gasteiger partial charge in [0.05, 0.1) is 18.6 Å². The second-order valence-corrected chi connectivity index (χ2v) is 6.52. The molecule has 0 radical (unpaired) electrons. The highest BCUT2D eigenvalue weighted by molar-refractivity contribution is 5.94. The molecule has 0 saturated carbocycles. The average molecular weight is 386 g/mol. The van der Waals surface area contributed by atoms with E-state index in [0.717, 1.165) is 12.1 Å². The Kier molecular flexibility index (Phi) is 4.68. The number of aromatic nitrogens is 5. The fourth-order valence-electron chi connectivity index (χ4n) is 3.28. The van der Waals surface area contributed by atoms with E-state index in [1.807, 2.05) is 0 Å². The third kappa shape index (κ3) is 3.40. The number of aromatic hydroxyl groups is 1. The van der Waals surface area contributed by atoms with Crippen molar-refractivity contribution in [1.29, 1.82) is 0 Å². The number of amides is 1. The summed E-state index contributed by atoms with van der Waals surface area (Å²) in [6.07, 6.45) is 5.89. The van der Waals surface area contributed by atoms with E-state index in [1.54, 1.807) is 6.07 Å².